The highest BCUT2D eigenvalue weighted by atomic mass is 28.4. The first kappa shape index (κ1) is 14.1. The summed E-state index contributed by atoms with van der Waals surface area (Å²) in [6, 6.07) is 0.604. The van der Waals surface area contributed by atoms with E-state index < -0.39 is 8.80 Å². The summed E-state index contributed by atoms with van der Waals surface area (Å²) in [7, 11) is 2.38. The molecular formula is C10H24N2O3Si. The molecule has 0 aliphatic heterocycles. The van der Waals surface area contributed by atoms with Gasteiger partial charge in [0.05, 0.1) is 6.17 Å². The van der Waals surface area contributed by atoms with Crippen LogP contribution in [-0.2, 0) is 13.3 Å². The number of nitrogens with one attached hydrogen (secondary N) is 1. The molecule has 16 heavy (non-hydrogen) atoms. The molecule has 0 amide bonds. The molecule has 1 aliphatic rings. The highest BCUT2D eigenvalue weighted by molar-refractivity contribution is 6.60. The predicted octanol–water partition coefficient (Wildman–Crippen LogP) is 0.263. The van der Waals surface area contributed by atoms with Crippen molar-refractivity contribution in [3.63, 3.8) is 0 Å². The van der Waals surface area contributed by atoms with E-state index in [1.54, 1.807) is 21.3 Å². The number of hydrogen-bond acceptors (Lipinski definition) is 5. The van der Waals surface area contributed by atoms with E-state index in [1.165, 1.54) is 12.8 Å². The van der Waals surface area contributed by atoms with Crippen molar-refractivity contribution in [3.05, 3.63) is 0 Å². The molecule has 0 bridgehead atoms. The average Bonchev–Trinajstić information content (AvgIpc) is 2.34. The van der Waals surface area contributed by atoms with E-state index in [2.05, 4.69) is 5.32 Å². The monoisotopic (exact) mass is 248 g/mol. The molecule has 5 nitrogen and oxygen atoms in total. The zero-order valence-corrected chi connectivity index (χ0v) is 11.5. The maximum absolute atomic E-state index is 6.06. The van der Waals surface area contributed by atoms with Gasteiger partial charge < -0.3 is 24.3 Å². The Morgan fingerprint density at radius 3 is 2.19 bits per heavy atom. The molecule has 0 aromatic heterocycles. The van der Waals surface area contributed by atoms with Gasteiger partial charge in [-0.1, -0.05) is 12.8 Å². The maximum Gasteiger partial charge on any atom is 0.514 e. The van der Waals surface area contributed by atoms with Crippen molar-refractivity contribution in [2.45, 2.75) is 37.8 Å². The molecule has 1 aliphatic carbocycles. The van der Waals surface area contributed by atoms with Gasteiger partial charge in [0.25, 0.3) is 0 Å². The van der Waals surface area contributed by atoms with Gasteiger partial charge in [0.1, 0.15) is 0 Å². The van der Waals surface area contributed by atoms with E-state index in [4.69, 9.17) is 19.0 Å². The van der Waals surface area contributed by atoms with Gasteiger partial charge in [-0.15, -0.1) is 0 Å². The first-order valence-electron chi connectivity index (χ1n) is 5.82. The Morgan fingerprint density at radius 1 is 1.12 bits per heavy atom. The van der Waals surface area contributed by atoms with Crippen LogP contribution >= 0.6 is 0 Å². The predicted molar refractivity (Wildman–Crippen MR) is 65.0 cm³/mol. The normalized spacial score (nSPS) is 27.0. The van der Waals surface area contributed by atoms with Crippen molar-refractivity contribution in [1.82, 2.24) is 5.32 Å². The van der Waals surface area contributed by atoms with Crippen molar-refractivity contribution in [1.29, 1.82) is 0 Å². The van der Waals surface area contributed by atoms with Crippen LogP contribution in [0.25, 0.3) is 0 Å². The molecule has 0 radical (unpaired) electrons. The fourth-order valence-corrected chi connectivity index (χ4v) is 3.58. The van der Waals surface area contributed by atoms with E-state index in [-0.39, 0.29) is 6.04 Å². The van der Waals surface area contributed by atoms with Crippen LogP contribution in [0.3, 0.4) is 0 Å². The molecule has 0 aromatic rings. The summed E-state index contributed by atoms with van der Waals surface area (Å²) in [6.07, 6.45) is 5.32. The van der Waals surface area contributed by atoms with Crippen LogP contribution in [0.15, 0.2) is 0 Å². The lowest BCUT2D eigenvalue weighted by Gasteiger charge is -2.32. The molecule has 96 valence electrons. The molecule has 2 unspecified atom stereocenters. The maximum atomic E-state index is 6.06. The zero-order valence-electron chi connectivity index (χ0n) is 10.5. The van der Waals surface area contributed by atoms with Gasteiger partial charge in [0.2, 0.25) is 0 Å². The van der Waals surface area contributed by atoms with E-state index in [0.29, 0.717) is 12.2 Å². The molecule has 0 spiro atoms. The summed E-state index contributed by atoms with van der Waals surface area (Å²) in [5, 5.41) is 3.43. The lowest BCUT2D eigenvalue weighted by Crippen LogP contribution is -2.57. The van der Waals surface area contributed by atoms with Crippen molar-refractivity contribution in [2.75, 3.05) is 27.5 Å². The molecule has 0 saturated heterocycles. The van der Waals surface area contributed by atoms with Crippen LogP contribution in [0.1, 0.15) is 25.7 Å². The second kappa shape index (κ2) is 6.68. The van der Waals surface area contributed by atoms with Gasteiger partial charge in [0.15, 0.2) is 0 Å². The molecular weight excluding hydrogens is 224 g/mol. The Hall–Kier alpha value is 0.0169. The highest BCUT2D eigenvalue weighted by Gasteiger charge is 2.38. The van der Waals surface area contributed by atoms with Gasteiger partial charge in [0, 0.05) is 33.4 Å². The minimum atomic E-state index is -2.50. The molecule has 2 atom stereocenters. The third-order valence-corrected chi connectivity index (χ3v) is 5.84. The van der Waals surface area contributed by atoms with Crippen LogP contribution < -0.4 is 11.1 Å². The standard InChI is InChI=1S/C10H24N2O3Si/c1-13-16(14-2,15-3)8-12-10-7-5-4-6-9(10)11/h9-10,12H,4-8,11H2,1-3H3. The van der Waals surface area contributed by atoms with Crippen molar-refractivity contribution < 1.29 is 13.3 Å². The Kier molecular flexibility index (Phi) is 5.88. The van der Waals surface area contributed by atoms with E-state index in [0.717, 1.165) is 12.8 Å². The Morgan fingerprint density at radius 2 is 1.69 bits per heavy atom. The fraction of sp³-hybridized carbons (Fsp3) is 1.00. The van der Waals surface area contributed by atoms with Gasteiger partial charge in [-0.25, -0.2) is 0 Å². The minimum Gasteiger partial charge on any atom is -0.376 e. The largest absolute Gasteiger partial charge is 0.514 e. The van der Waals surface area contributed by atoms with E-state index >= 15 is 0 Å². The molecule has 0 heterocycles. The Labute approximate surface area is 99.0 Å². The second-order valence-electron chi connectivity index (χ2n) is 4.23. The molecule has 0 aromatic carbocycles. The lowest BCUT2D eigenvalue weighted by molar-refractivity contribution is 0.119. The zero-order chi connectivity index (χ0) is 12.0. The Bertz CT molecular complexity index is 194. The second-order valence-corrected chi connectivity index (χ2v) is 7.18. The Balaban J connectivity index is 2.41. The first-order valence-corrected chi connectivity index (χ1v) is 7.75. The van der Waals surface area contributed by atoms with Crippen LogP contribution in [-0.4, -0.2) is 48.4 Å². The first-order chi connectivity index (χ1) is 7.67. The van der Waals surface area contributed by atoms with Crippen LogP contribution in [0.4, 0.5) is 0 Å². The average molecular weight is 248 g/mol. The van der Waals surface area contributed by atoms with Crippen LogP contribution in [0.2, 0.25) is 0 Å². The van der Waals surface area contributed by atoms with Crippen LogP contribution in [0, 0.1) is 0 Å². The van der Waals surface area contributed by atoms with Gasteiger partial charge in [-0.05, 0) is 12.8 Å². The van der Waals surface area contributed by atoms with Crippen molar-refractivity contribution in [2.24, 2.45) is 5.73 Å². The van der Waals surface area contributed by atoms with E-state index in [9.17, 15) is 0 Å². The SMILES string of the molecule is CO[Si](CNC1CCCCC1N)(OC)OC. The highest BCUT2D eigenvalue weighted by Crippen LogP contribution is 2.17. The van der Waals surface area contributed by atoms with Crippen molar-refractivity contribution >= 4 is 8.80 Å². The summed E-state index contributed by atoms with van der Waals surface area (Å²) >= 11 is 0. The minimum absolute atomic E-state index is 0.242. The topological polar surface area (TPSA) is 65.7 Å². The van der Waals surface area contributed by atoms with Gasteiger partial charge in [-0.3, -0.25) is 0 Å². The summed E-state index contributed by atoms with van der Waals surface area (Å²) in [4.78, 5) is 0. The molecule has 1 rings (SSSR count). The summed E-state index contributed by atoms with van der Waals surface area (Å²) in [5.74, 6) is 0. The summed E-state index contributed by atoms with van der Waals surface area (Å²) in [5.41, 5.74) is 6.06. The molecule has 1 saturated carbocycles. The number of rotatable bonds is 6. The third kappa shape index (κ3) is 3.51. The van der Waals surface area contributed by atoms with Gasteiger partial charge >= 0.3 is 8.80 Å². The van der Waals surface area contributed by atoms with Gasteiger partial charge in [-0.2, -0.15) is 0 Å². The quantitative estimate of drug-likeness (QED) is 0.660. The number of hydrogen-bond donors (Lipinski definition) is 2. The lowest BCUT2D eigenvalue weighted by atomic mass is 9.91. The third-order valence-electron chi connectivity index (χ3n) is 3.33. The molecule has 3 N–H and O–H groups in total. The van der Waals surface area contributed by atoms with Crippen LogP contribution in [0.5, 0.6) is 0 Å². The van der Waals surface area contributed by atoms with Crippen molar-refractivity contribution in [3.8, 4) is 0 Å². The molecule has 1 fully saturated rings. The fourth-order valence-electron chi connectivity index (χ4n) is 2.14. The van der Waals surface area contributed by atoms with E-state index in [1.807, 2.05) is 0 Å². The summed E-state index contributed by atoms with van der Waals surface area (Å²) < 4.78 is 16.1. The number of nitrogens with two attached hydrogens (primary N) is 1. The summed E-state index contributed by atoms with van der Waals surface area (Å²) in [6.45, 7) is 0. The molecule has 6 heteroatoms. The smallest absolute Gasteiger partial charge is 0.376 e.